The Kier molecular flexibility index (Phi) is 5.30. The first-order valence-corrected chi connectivity index (χ1v) is 9.31. The Hall–Kier alpha value is -2.37. The van der Waals surface area contributed by atoms with Crippen LogP contribution in [-0.4, -0.2) is 17.6 Å². The summed E-state index contributed by atoms with van der Waals surface area (Å²) in [6.07, 6.45) is 0. The summed E-state index contributed by atoms with van der Waals surface area (Å²) in [6, 6.07) is 10.9. The summed E-state index contributed by atoms with van der Waals surface area (Å²) in [7, 11) is 3.58. The highest BCUT2D eigenvalue weighted by Crippen LogP contribution is 2.29. The highest BCUT2D eigenvalue weighted by atomic mass is 35.5. The summed E-state index contributed by atoms with van der Waals surface area (Å²) >= 11 is 7.30. The SMILES string of the molecule is COc1cc(-c2csc(=NC(=O)c3ccc(Cl)cc3)n2C)cc(C)c1C. The van der Waals surface area contributed by atoms with Crippen LogP contribution in [0.5, 0.6) is 5.75 Å². The Labute approximate surface area is 161 Å². The van der Waals surface area contributed by atoms with Gasteiger partial charge in [-0.2, -0.15) is 4.99 Å². The van der Waals surface area contributed by atoms with Crippen molar-refractivity contribution in [2.75, 3.05) is 7.11 Å². The number of nitrogens with zero attached hydrogens (tertiary/aromatic N) is 2. The fourth-order valence-electron chi connectivity index (χ4n) is 2.66. The van der Waals surface area contributed by atoms with Crippen molar-refractivity contribution >= 4 is 28.8 Å². The molecule has 26 heavy (non-hydrogen) atoms. The van der Waals surface area contributed by atoms with Crippen molar-refractivity contribution in [1.82, 2.24) is 4.57 Å². The Morgan fingerprint density at radius 1 is 1.19 bits per heavy atom. The summed E-state index contributed by atoms with van der Waals surface area (Å²) < 4.78 is 7.39. The molecule has 0 aliphatic heterocycles. The number of amides is 1. The van der Waals surface area contributed by atoms with Gasteiger partial charge in [0.2, 0.25) is 0 Å². The van der Waals surface area contributed by atoms with Gasteiger partial charge in [-0.15, -0.1) is 11.3 Å². The van der Waals surface area contributed by atoms with Gasteiger partial charge in [0.05, 0.1) is 12.8 Å². The Morgan fingerprint density at radius 3 is 2.54 bits per heavy atom. The lowest BCUT2D eigenvalue weighted by molar-refractivity contribution is 0.0998. The molecular weight excluding hydrogens is 368 g/mol. The molecular formula is C20H19ClN2O2S. The van der Waals surface area contributed by atoms with Crippen LogP contribution in [0.3, 0.4) is 0 Å². The molecule has 4 nitrogen and oxygen atoms in total. The van der Waals surface area contributed by atoms with E-state index < -0.39 is 0 Å². The fraction of sp³-hybridized carbons (Fsp3) is 0.200. The van der Waals surface area contributed by atoms with Crippen molar-refractivity contribution in [3.8, 4) is 17.0 Å². The summed E-state index contributed by atoms with van der Waals surface area (Å²) in [4.78, 5) is 17.3. The van der Waals surface area contributed by atoms with Crippen molar-refractivity contribution in [3.05, 3.63) is 68.3 Å². The quantitative estimate of drug-likeness (QED) is 0.650. The minimum atomic E-state index is -0.289. The van der Waals surface area contributed by atoms with Gasteiger partial charge in [-0.25, -0.2) is 0 Å². The van der Waals surface area contributed by atoms with E-state index in [1.807, 2.05) is 30.0 Å². The molecule has 0 aliphatic carbocycles. The number of methoxy groups -OCH3 is 1. The highest BCUT2D eigenvalue weighted by Gasteiger charge is 2.11. The van der Waals surface area contributed by atoms with E-state index in [0.29, 0.717) is 15.4 Å². The van der Waals surface area contributed by atoms with Crippen LogP contribution in [0.1, 0.15) is 21.5 Å². The van der Waals surface area contributed by atoms with Crippen LogP contribution < -0.4 is 9.54 Å². The van der Waals surface area contributed by atoms with Crippen LogP contribution in [0.15, 0.2) is 46.8 Å². The molecule has 1 heterocycles. The molecule has 1 aromatic heterocycles. The minimum Gasteiger partial charge on any atom is -0.496 e. The van der Waals surface area contributed by atoms with Crippen molar-refractivity contribution in [2.45, 2.75) is 13.8 Å². The molecule has 134 valence electrons. The Morgan fingerprint density at radius 2 is 1.88 bits per heavy atom. The normalized spacial score (nSPS) is 11.7. The Bertz CT molecular complexity index is 1030. The van der Waals surface area contributed by atoms with Gasteiger partial charge in [0.1, 0.15) is 5.75 Å². The average Bonchev–Trinajstić information content (AvgIpc) is 2.98. The number of carbonyl (C=O) groups is 1. The number of halogens is 1. The summed E-state index contributed by atoms with van der Waals surface area (Å²) in [5.41, 5.74) is 4.80. The first-order chi connectivity index (χ1) is 12.4. The molecule has 1 amide bonds. The average molecular weight is 387 g/mol. The zero-order chi connectivity index (χ0) is 18.8. The third-order valence-corrected chi connectivity index (χ3v) is 5.52. The molecule has 0 N–H and O–H groups in total. The van der Waals surface area contributed by atoms with Crippen molar-refractivity contribution in [1.29, 1.82) is 0 Å². The van der Waals surface area contributed by atoms with E-state index in [2.05, 4.69) is 18.0 Å². The maximum Gasteiger partial charge on any atom is 0.279 e. The summed E-state index contributed by atoms with van der Waals surface area (Å²) in [5.74, 6) is 0.560. The summed E-state index contributed by atoms with van der Waals surface area (Å²) in [6.45, 7) is 4.10. The molecule has 3 rings (SSSR count). The number of hydrogen-bond donors (Lipinski definition) is 0. The predicted molar refractivity (Wildman–Crippen MR) is 106 cm³/mol. The molecule has 0 saturated heterocycles. The standard InChI is InChI=1S/C20H19ClN2O2S/c1-12-9-15(10-18(25-4)13(12)2)17-11-26-20(23(17)3)22-19(24)14-5-7-16(21)8-6-14/h5-11H,1-4H3. The van der Waals surface area contributed by atoms with Crippen LogP contribution in [0.2, 0.25) is 5.02 Å². The zero-order valence-corrected chi connectivity index (χ0v) is 16.6. The van der Waals surface area contributed by atoms with Gasteiger partial charge in [0.25, 0.3) is 5.91 Å². The lowest BCUT2D eigenvalue weighted by Crippen LogP contribution is -2.14. The molecule has 0 atom stereocenters. The number of thiazole rings is 1. The molecule has 0 fully saturated rings. The van der Waals surface area contributed by atoms with Gasteiger partial charge in [0, 0.05) is 28.6 Å². The van der Waals surface area contributed by atoms with Crippen molar-refractivity contribution in [3.63, 3.8) is 0 Å². The number of aryl methyl sites for hydroxylation is 1. The number of hydrogen-bond acceptors (Lipinski definition) is 3. The molecule has 0 bridgehead atoms. The lowest BCUT2D eigenvalue weighted by Gasteiger charge is -2.11. The first kappa shape index (κ1) is 18.4. The highest BCUT2D eigenvalue weighted by molar-refractivity contribution is 7.07. The maximum absolute atomic E-state index is 12.4. The van der Waals surface area contributed by atoms with E-state index in [9.17, 15) is 4.79 Å². The lowest BCUT2D eigenvalue weighted by atomic mass is 10.0. The van der Waals surface area contributed by atoms with Crippen LogP contribution in [0.4, 0.5) is 0 Å². The van der Waals surface area contributed by atoms with Gasteiger partial charge < -0.3 is 9.30 Å². The van der Waals surface area contributed by atoms with Gasteiger partial charge >= 0.3 is 0 Å². The van der Waals surface area contributed by atoms with E-state index in [0.717, 1.165) is 28.1 Å². The monoisotopic (exact) mass is 386 g/mol. The second-order valence-electron chi connectivity index (χ2n) is 6.01. The number of rotatable bonds is 3. The third kappa shape index (κ3) is 3.59. The topological polar surface area (TPSA) is 43.6 Å². The van der Waals surface area contributed by atoms with Gasteiger partial charge in [-0.1, -0.05) is 11.6 Å². The Balaban J connectivity index is 2.02. The number of benzene rings is 2. The van der Waals surface area contributed by atoms with Crippen molar-refractivity contribution < 1.29 is 9.53 Å². The number of ether oxygens (including phenoxy) is 1. The zero-order valence-electron chi connectivity index (χ0n) is 15.0. The van der Waals surface area contributed by atoms with E-state index in [1.165, 1.54) is 11.3 Å². The van der Waals surface area contributed by atoms with Gasteiger partial charge in [-0.05, 0) is 61.4 Å². The number of carbonyl (C=O) groups excluding carboxylic acids is 1. The van der Waals surface area contributed by atoms with Crippen LogP contribution in [-0.2, 0) is 7.05 Å². The largest absolute Gasteiger partial charge is 0.496 e. The molecule has 3 aromatic rings. The predicted octanol–water partition coefficient (Wildman–Crippen LogP) is 4.77. The molecule has 0 saturated carbocycles. The molecule has 0 aliphatic rings. The van der Waals surface area contributed by atoms with E-state index in [4.69, 9.17) is 16.3 Å². The van der Waals surface area contributed by atoms with Gasteiger partial charge in [0.15, 0.2) is 4.80 Å². The maximum atomic E-state index is 12.4. The molecule has 0 unspecified atom stereocenters. The third-order valence-electron chi connectivity index (χ3n) is 4.35. The minimum absolute atomic E-state index is 0.289. The fourth-order valence-corrected chi connectivity index (χ4v) is 3.69. The van der Waals surface area contributed by atoms with E-state index in [-0.39, 0.29) is 5.91 Å². The smallest absolute Gasteiger partial charge is 0.279 e. The first-order valence-electron chi connectivity index (χ1n) is 8.05. The van der Waals surface area contributed by atoms with Gasteiger partial charge in [-0.3, -0.25) is 4.79 Å². The molecule has 6 heteroatoms. The van der Waals surface area contributed by atoms with E-state index >= 15 is 0 Å². The second-order valence-corrected chi connectivity index (χ2v) is 7.28. The number of aromatic nitrogens is 1. The van der Waals surface area contributed by atoms with Crippen LogP contribution in [0.25, 0.3) is 11.3 Å². The van der Waals surface area contributed by atoms with Crippen LogP contribution in [0, 0.1) is 13.8 Å². The van der Waals surface area contributed by atoms with E-state index in [1.54, 1.807) is 31.4 Å². The summed E-state index contributed by atoms with van der Waals surface area (Å²) in [5, 5.41) is 2.59. The van der Waals surface area contributed by atoms with Crippen molar-refractivity contribution in [2.24, 2.45) is 12.0 Å². The molecule has 2 aromatic carbocycles. The molecule has 0 spiro atoms. The van der Waals surface area contributed by atoms with Crippen LogP contribution >= 0.6 is 22.9 Å². The molecule has 0 radical (unpaired) electrons. The second kappa shape index (κ2) is 7.48.